The van der Waals surface area contributed by atoms with E-state index in [4.69, 9.17) is 0 Å². The van der Waals surface area contributed by atoms with Gasteiger partial charge in [0.05, 0.1) is 5.60 Å². The highest BCUT2D eigenvalue weighted by atomic mass is 16.3. The number of nitrogens with one attached hydrogen (secondary N) is 2. The lowest BCUT2D eigenvalue weighted by Crippen LogP contribution is -2.46. The van der Waals surface area contributed by atoms with E-state index in [1.807, 2.05) is 0 Å². The van der Waals surface area contributed by atoms with Gasteiger partial charge in [0.15, 0.2) is 0 Å². The van der Waals surface area contributed by atoms with Gasteiger partial charge in [-0.1, -0.05) is 13.8 Å². The summed E-state index contributed by atoms with van der Waals surface area (Å²) in [5.41, 5.74) is -0.790. The average molecular weight is 228 g/mol. The molecule has 1 unspecified atom stereocenters. The van der Waals surface area contributed by atoms with Crippen molar-refractivity contribution in [1.29, 1.82) is 0 Å². The molecule has 1 fully saturated rings. The second-order valence-corrected chi connectivity index (χ2v) is 5.60. The Morgan fingerprint density at radius 1 is 1.56 bits per heavy atom. The normalized spacial score (nSPS) is 20.3. The van der Waals surface area contributed by atoms with Crippen LogP contribution in [0.4, 0.5) is 0 Å². The van der Waals surface area contributed by atoms with Crippen molar-refractivity contribution >= 4 is 5.91 Å². The first-order valence-electron chi connectivity index (χ1n) is 6.09. The molecule has 0 radical (unpaired) electrons. The second-order valence-electron chi connectivity index (χ2n) is 5.60. The number of carbonyl (C=O) groups excluding carboxylic acids is 1. The molecule has 16 heavy (non-hydrogen) atoms. The Balaban J connectivity index is 2.18. The van der Waals surface area contributed by atoms with Gasteiger partial charge in [0, 0.05) is 13.0 Å². The number of hydrogen-bond acceptors (Lipinski definition) is 3. The van der Waals surface area contributed by atoms with Crippen LogP contribution in [0.2, 0.25) is 0 Å². The predicted octanol–water partition coefficient (Wildman–Crippen LogP) is 0.509. The van der Waals surface area contributed by atoms with Gasteiger partial charge in [-0.25, -0.2) is 0 Å². The molecule has 1 heterocycles. The topological polar surface area (TPSA) is 61.4 Å². The number of carbonyl (C=O) groups is 1. The highest BCUT2D eigenvalue weighted by Crippen LogP contribution is 2.15. The molecule has 1 amide bonds. The van der Waals surface area contributed by atoms with Gasteiger partial charge in [-0.2, -0.15) is 0 Å². The van der Waals surface area contributed by atoms with E-state index in [2.05, 4.69) is 24.5 Å². The van der Waals surface area contributed by atoms with Gasteiger partial charge in [0.25, 0.3) is 0 Å². The zero-order chi connectivity index (χ0) is 12.2. The van der Waals surface area contributed by atoms with E-state index in [-0.39, 0.29) is 5.91 Å². The number of aliphatic hydroxyl groups is 1. The number of hydrogen-bond donors (Lipinski definition) is 3. The van der Waals surface area contributed by atoms with E-state index >= 15 is 0 Å². The molecule has 3 N–H and O–H groups in total. The Labute approximate surface area is 97.8 Å². The fraction of sp³-hybridized carbons (Fsp3) is 0.917. The van der Waals surface area contributed by atoms with E-state index in [1.165, 1.54) is 0 Å². The van der Waals surface area contributed by atoms with Crippen molar-refractivity contribution in [2.75, 3.05) is 19.6 Å². The standard InChI is InChI=1S/C12H24N2O2/c1-9(2)5-12(3,16)8-14-11(15)4-10-6-13-7-10/h9-10,13,16H,4-8H2,1-3H3,(H,14,15). The second kappa shape index (κ2) is 5.64. The SMILES string of the molecule is CC(C)CC(C)(O)CNC(=O)CC1CNC1. The fourth-order valence-electron chi connectivity index (χ4n) is 2.07. The summed E-state index contributed by atoms with van der Waals surface area (Å²) >= 11 is 0. The minimum Gasteiger partial charge on any atom is -0.388 e. The van der Waals surface area contributed by atoms with Crippen molar-refractivity contribution in [1.82, 2.24) is 10.6 Å². The lowest BCUT2D eigenvalue weighted by Gasteiger charge is -2.28. The maximum atomic E-state index is 11.5. The maximum Gasteiger partial charge on any atom is 0.220 e. The van der Waals surface area contributed by atoms with Crippen molar-refractivity contribution < 1.29 is 9.90 Å². The first-order valence-corrected chi connectivity index (χ1v) is 6.09. The van der Waals surface area contributed by atoms with Crippen molar-refractivity contribution in [3.05, 3.63) is 0 Å². The minimum absolute atomic E-state index is 0.0514. The molecular weight excluding hydrogens is 204 g/mol. The van der Waals surface area contributed by atoms with Gasteiger partial charge < -0.3 is 15.7 Å². The number of rotatable bonds is 6. The van der Waals surface area contributed by atoms with Crippen LogP contribution in [0.15, 0.2) is 0 Å². The summed E-state index contributed by atoms with van der Waals surface area (Å²) in [5, 5.41) is 16.0. The van der Waals surface area contributed by atoms with Gasteiger partial charge in [-0.05, 0) is 38.3 Å². The molecule has 1 aliphatic rings. The summed E-state index contributed by atoms with van der Waals surface area (Å²) in [4.78, 5) is 11.5. The molecule has 1 saturated heterocycles. The van der Waals surface area contributed by atoms with Crippen molar-refractivity contribution in [3.63, 3.8) is 0 Å². The lowest BCUT2D eigenvalue weighted by atomic mass is 9.94. The molecule has 0 spiro atoms. The molecular formula is C12H24N2O2. The molecule has 0 aromatic heterocycles. The third kappa shape index (κ3) is 4.94. The summed E-state index contributed by atoms with van der Waals surface area (Å²) in [6.07, 6.45) is 1.28. The Morgan fingerprint density at radius 3 is 2.62 bits per heavy atom. The minimum atomic E-state index is -0.790. The van der Waals surface area contributed by atoms with Gasteiger partial charge in [0.1, 0.15) is 0 Å². The summed E-state index contributed by atoms with van der Waals surface area (Å²) in [5.74, 6) is 0.966. The monoisotopic (exact) mass is 228 g/mol. The van der Waals surface area contributed by atoms with Crippen LogP contribution >= 0.6 is 0 Å². The van der Waals surface area contributed by atoms with E-state index in [0.29, 0.717) is 31.2 Å². The molecule has 0 aromatic carbocycles. The average Bonchev–Trinajstić information content (AvgIpc) is 2.06. The van der Waals surface area contributed by atoms with Crippen molar-refractivity contribution in [2.45, 2.75) is 39.2 Å². The maximum absolute atomic E-state index is 11.5. The van der Waals surface area contributed by atoms with Crippen LogP contribution in [0, 0.1) is 11.8 Å². The van der Waals surface area contributed by atoms with Crippen LogP contribution in [0.1, 0.15) is 33.6 Å². The van der Waals surface area contributed by atoms with E-state index in [0.717, 1.165) is 13.1 Å². The van der Waals surface area contributed by atoms with Gasteiger partial charge in [-0.3, -0.25) is 4.79 Å². The van der Waals surface area contributed by atoms with Gasteiger partial charge in [-0.15, -0.1) is 0 Å². The fourth-order valence-corrected chi connectivity index (χ4v) is 2.07. The van der Waals surface area contributed by atoms with Crippen LogP contribution < -0.4 is 10.6 Å². The molecule has 0 aliphatic carbocycles. The molecule has 0 saturated carbocycles. The Morgan fingerprint density at radius 2 is 2.19 bits per heavy atom. The van der Waals surface area contributed by atoms with Crippen LogP contribution in [0.3, 0.4) is 0 Å². The molecule has 0 bridgehead atoms. The van der Waals surface area contributed by atoms with Crippen molar-refractivity contribution in [3.8, 4) is 0 Å². The van der Waals surface area contributed by atoms with E-state index in [9.17, 15) is 9.90 Å². The molecule has 4 nitrogen and oxygen atoms in total. The van der Waals surface area contributed by atoms with Crippen molar-refractivity contribution in [2.24, 2.45) is 11.8 Å². The van der Waals surface area contributed by atoms with E-state index < -0.39 is 5.60 Å². The van der Waals surface area contributed by atoms with Crippen LogP contribution in [0.25, 0.3) is 0 Å². The van der Waals surface area contributed by atoms with Crippen LogP contribution in [0.5, 0.6) is 0 Å². The molecule has 1 rings (SSSR count). The Hall–Kier alpha value is -0.610. The highest BCUT2D eigenvalue weighted by molar-refractivity contribution is 5.76. The predicted molar refractivity (Wildman–Crippen MR) is 64.1 cm³/mol. The third-order valence-corrected chi connectivity index (χ3v) is 2.85. The first kappa shape index (κ1) is 13.5. The summed E-state index contributed by atoms with van der Waals surface area (Å²) < 4.78 is 0. The zero-order valence-corrected chi connectivity index (χ0v) is 10.5. The van der Waals surface area contributed by atoms with E-state index in [1.54, 1.807) is 6.92 Å². The highest BCUT2D eigenvalue weighted by Gasteiger charge is 2.24. The largest absolute Gasteiger partial charge is 0.388 e. The lowest BCUT2D eigenvalue weighted by molar-refractivity contribution is -0.123. The zero-order valence-electron chi connectivity index (χ0n) is 10.5. The van der Waals surface area contributed by atoms with Gasteiger partial charge in [0.2, 0.25) is 5.91 Å². The first-order chi connectivity index (χ1) is 7.39. The summed E-state index contributed by atoms with van der Waals surface area (Å²) in [6, 6.07) is 0. The summed E-state index contributed by atoms with van der Waals surface area (Å²) in [6.45, 7) is 8.14. The van der Waals surface area contributed by atoms with Crippen LogP contribution in [-0.2, 0) is 4.79 Å². The molecule has 0 aromatic rings. The molecule has 1 atom stereocenters. The quantitative estimate of drug-likeness (QED) is 0.621. The molecule has 94 valence electrons. The van der Waals surface area contributed by atoms with Crippen LogP contribution in [-0.4, -0.2) is 36.2 Å². The Bertz CT molecular complexity index is 235. The third-order valence-electron chi connectivity index (χ3n) is 2.85. The number of amides is 1. The molecule has 1 aliphatic heterocycles. The molecule has 4 heteroatoms. The smallest absolute Gasteiger partial charge is 0.220 e. The Kier molecular flexibility index (Phi) is 4.74. The summed E-state index contributed by atoms with van der Waals surface area (Å²) in [7, 11) is 0. The van der Waals surface area contributed by atoms with Gasteiger partial charge >= 0.3 is 0 Å².